The van der Waals surface area contributed by atoms with Gasteiger partial charge >= 0.3 is 0 Å². The molecule has 3 rings (SSSR count). The van der Waals surface area contributed by atoms with Crippen LogP contribution in [0, 0.1) is 10.1 Å². The van der Waals surface area contributed by atoms with Crippen molar-refractivity contribution in [1.29, 1.82) is 0 Å². The smallest absolute Gasteiger partial charge is 0.269 e. The fourth-order valence-corrected chi connectivity index (χ4v) is 3.10. The van der Waals surface area contributed by atoms with E-state index in [1.165, 1.54) is 12.1 Å². The van der Waals surface area contributed by atoms with Crippen molar-refractivity contribution in [3.8, 4) is 0 Å². The second-order valence-corrected chi connectivity index (χ2v) is 6.62. The fourth-order valence-electron chi connectivity index (χ4n) is 3.10. The lowest BCUT2D eigenvalue weighted by molar-refractivity contribution is -0.384. The minimum absolute atomic E-state index is 0.0889. The van der Waals surface area contributed by atoms with Gasteiger partial charge in [-0.05, 0) is 31.2 Å². The normalized spacial score (nSPS) is 22.2. The van der Waals surface area contributed by atoms with Crippen LogP contribution in [0.15, 0.2) is 29.3 Å². The first-order valence-corrected chi connectivity index (χ1v) is 9.19. The molecular formula is C18H26N4O4. The van der Waals surface area contributed by atoms with Crippen LogP contribution in [0.3, 0.4) is 0 Å². The number of non-ortho nitro benzene ring substituents is 1. The van der Waals surface area contributed by atoms with Crippen LogP contribution < -0.4 is 10.6 Å². The highest BCUT2D eigenvalue weighted by Crippen LogP contribution is 2.13. The third kappa shape index (κ3) is 5.67. The summed E-state index contributed by atoms with van der Waals surface area (Å²) in [6.45, 7) is 3.54. The van der Waals surface area contributed by atoms with Crippen LogP contribution in [0.4, 0.5) is 5.69 Å². The molecule has 0 saturated carbocycles. The van der Waals surface area contributed by atoms with Gasteiger partial charge in [-0.2, -0.15) is 0 Å². The van der Waals surface area contributed by atoms with Crippen LogP contribution in [-0.2, 0) is 16.0 Å². The number of ether oxygens (including phenoxy) is 2. The molecule has 2 aliphatic rings. The summed E-state index contributed by atoms with van der Waals surface area (Å²) in [6, 6.07) is 6.48. The van der Waals surface area contributed by atoms with Gasteiger partial charge in [0, 0.05) is 38.4 Å². The second kappa shape index (κ2) is 9.49. The summed E-state index contributed by atoms with van der Waals surface area (Å²) in [6.07, 6.45) is 4.78. The molecule has 2 unspecified atom stereocenters. The molecule has 0 bridgehead atoms. The minimum atomic E-state index is -0.398. The second-order valence-electron chi connectivity index (χ2n) is 6.62. The van der Waals surface area contributed by atoms with Gasteiger partial charge in [-0.3, -0.25) is 10.1 Å². The Morgan fingerprint density at radius 2 is 1.65 bits per heavy atom. The predicted molar refractivity (Wildman–Crippen MR) is 98.2 cm³/mol. The third-order valence-electron chi connectivity index (χ3n) is 4.61. The molecule has 0 amide bonds. The van der Waals surface area contributed by atoms with Crippen molar-refractivity contribution in [1.82, 2.24) is 10.6 Å². The van der Waals surface area contributed by atoms with Gasteiger partial charge in [0.2, 0.25) is 0 Å². The van der Waals surface area contributed by atoms with Crippen molar-refractivity contribution < 1.29 is 14.4 Å². The third-order valence-corrected chi connectivity index (χ3v) is 4.61. The number of nitrogens with one attached hydrogen (secondary N) is 2. The molecule has 2 atom stereocenters. The van der Waals surface area contributed by atoms with Crippen molar-refractivity contribution in [3.63, 3.8) is 0 Å². The van der Waals surface area contributed by atoms with Crippen LogP contribution in [0.25, 0.3) is 0 Å². The maximum Gasteiger partial charge on any atom is 0.269 e. The lowest BCUT2D eigenvalue weighted by atomic mass is 10.2. The Kier molecular flexibility index (Phi) is 6.79. The van der Waals surface area contributed by atoms with Crippen molar-refractivity contribution in [2.45, 2.75) is 44.4 Å². The van der Waals surface area contributed by atoms with Gasteiger partial charge in [0.05, 0.1) is 23.7 Å². The van der Waals surface area contributed by atoms with Crippen molar-refractivity contribution in [3.05, 3.63) is 39.9 Å². The van der Waals surface area contributed by atoms with E-state index in [0.717, 1.165) is 57.6 Å². The first kappa shape index (κ1) is 18.6. The van der Waals surface area contributed by atoms with Crippen molar-refractivity contribution in [2.24, 2.45) is 4.99 Å². The standard InChI is InChI=1S/C18H26N4O4/c23-22(24)15-7-5-14(6-8-15)11-19-18(20-12-16-3-1-9-25-16)21-13-17-4-2-10-26-17/h5-8,16-17H,1-4,9-13H2,(H2,19,20,21). The zero-order chi connectivity index (χ0) is 18.2. The Hall–Kier alpha value is -2.19. The fraction of sp³-hybridized carbons (Fsp3) is 0.611. The Morgan fingerprint density at radius 3 is 2.12 bits per heavy atom. The summed E-state index contributed by atoms with van der Waals surface area (Å²) in [5, 5.41) is 17.4. The largest absolute Gasteiger partial charge is 0.376 e. The van der Waals surface area contributed by atoms with E-state index >= 15 is 0 Å². The van der Waals surface area contributed by atoms with E-state index in [0.29, 0.717) is 12.5 Å². The molecule has 2 heterocycles. The first-order valence-electron chi connectivity index (χ1n) is 9.19. The molecule has 0 aromatic heterocycles. The van der Waals surface area contributed by atoms with Gasteiger partial charge in [0.25, 0.3) is 5.69 Å². The molecule has 26 heavy (non-hydrogen) atoms. The molecule has 0 radical (unpaired) electrons. The van der Waals surface area contributed by atoms with Gasteiger partial charge in [-0.25, -0.2) is 4.99 Å². The zero-order valence-corrected chi connectivity index (χ0v) is 14.9. The molecule has 0 spiro atoms. The monoisotopic (exact) mass is 362 g/mol. The molecule has 1 aromatic rings. The van der Waals surface area contributed by atoms with Gasteiger partial charge in [-0.1, -0.05) is 12.1 Å². The molecule has 2 saturated heterocycles. The highest BCUT2D eigenvalue weighted by molar-refractivity contribution is 5.79. The van der Waals surface area contributed by atoms with E-state index in [4.69, 9.17) is 9.47 Å². The number of nitrogens with zero attached hydrogens (tertiary/aromatic N) is 2. The zero-order valence-electron chi connectivity index (χ0n) is 14.9. The minimum Gasteiger partial charge on any atom is -0.376 e. The van der Waals surface area contributed by atoms with Crippen LogP contribution in [0.2, 0.25) is 0 Å². The lowest BCUT2D eigenvalue weighted by Crippen LogP contribution is -2.43. The average Bonchev–Trinajstić information content (AvgIpc) is 3.35. The molecule has 142 valence electrons. The highest BCUT2D eigenvalue weighted by Gasteiger charge is 2.18. The van der Waals surface area contributed by atoms with Gasteiger partial charge in [0.1, 0.15) is 0 Å². The van der Waals surface area contributed by atoms with Gasteiger partial charge in [-0.15, -0.1) is 0 Å². The Labute approximate surface area is 153 Å². The number of aliphatic imine (C=N–C) groups is 1. The van der Waals surface area contributed by atoms with E-state index in [-0.39, 0.29) is 17.9 Å². The first-order chi connectivity index (χ1) is 12.7. The van der Waals surface area contributed by atoms with Crippen LogP contribution >= 0.6 is 0 Å². The maximum atomic E-state index is 10.7. The summed E-state index contributed by atoms with van der Waals surface area (Å²) in [7, 11) is 0. The number of rotatable bonds is 7. The molecule has 2 N–H and O–H groups in total. The van der Waals surface area contributed by atoms with Crippen molar-refractivity contribution in [2.75, 3.05) is 26.3 Å². The molecule has 8 nitrogen and oxygen atoms in total. The summed E-state index contributed by atoms with van der Waals surface area (Å²) < 4.78 is 11.3. The molecule has 2 aliphatic heterocycles. The Bertz CT molecular complexity index is 586. The predicted octanol–water partition coefficient (Wildman–Crippen LogP) is 1.99. The highest BCUT2D eigenvalue weighted by atomic mass is 16.6. The number of hydrogen-bond acceptors (Lipinski definition) is 5. The van der Waals surface area contributed by atoms with E-state index in [9.17, 15) is 10.1 Å². The van der Waals surface area contributed by atoms with E-state index in [1.807, 2.05) is 0 Å². The van der Waals surface area contributed by atoms with Gasteiger partial charge < -0.3 is 20.1 Å². The summed E-state index contributed by atoms with van der Waals surface area (Å²) in [4.78, 5) is 14.9. The number of guanidine groups is 1. The molecule has 1 aromatic carbocycles. The number of benzene rings is 1. The lowest BCUT2D eigenvalue weighted by Gasteiger charge is -2.17. The Morgan fingerprint density at radius 1 is 1.08 bits per heavy atom. The number of hydrogen-bond donors (Lipinski definition) is 2. The van der Waals surface area contributed by atoms with Gasteiger partial charge in [0.15, 0.2) is 5.96 Å². The Balaban J connectivity index is 1.56. The summed E-state index contributed by atoms with van der Waals surface area (Å²) in [5.74, 6) is 0.717. The van der Waals surface area contributed by atoms with E-state index < -0.39 is 4.92 Å². The topological polar surface area (TPSA) is 98.0 Å². The molecule has 2 fully saturated rings. The van der Waals surface area contributed by atoms with E-state index in [1.54, 1.807) is 12.1 Å². The summed E-state index contributed by atoms with van der Waals surface area (Å²) >= 11 is 0. The van der Waals surface area contributed by atoms with Crippen LogP contribution in [0.1, 0.15) is 31.2 Å². The number of nitro groups is 1. The molecule has 8 heteroatoms. The maximum absolute atomic E-state index is 10.7. The average molecular weight is 362 g/mol. The van der Waals surface area contributed by atoms with Crippen LogP contribution in [0.5, 0.6) is 0 Å². The number of nitro benzene ring substituents is 1. The summed E-state index contributed by atoms with van der Waals surface area (Å²) in [5.41, 5.74) is 1.01. The van der Waals surface area contributed by atoms with Crippen molar-refractivity contribution >= 4 is 11.6 Å². The van der Waals surface area contributed by atoms with Crippen LogP contribution in [-0.4, -0.2) is 49.4 Å². The van der Waals surface area contributed by atoms with E-state index in [2.05, 4.69) is 15.6 Å². The molecule has 0 aliphatic carbocycles. The quantitative estimate of drug-likeness (QED) is 0.333. The molecular weight excluding hydrogens is 336 g/mol. The SMILES string of the molecule is O=[N+]([O-])c1ccc(CN=C(NCC2CCCO2)NCC2CCCO2)cc1.